The number of hydrogen-bond donors (Lipinski definition) is 3. The summed E-state index contributed by atoms with van der Waals surface area (Å²) in [5.41, 5.74) is 6.06. The lowest BCUT2D eigenvalue weighted by atomic mass is 10.0. The Bertz CT molecular complexity index is 418. The van der Waals surface area contributed by atoms with E-state index in [1.54, 1.807) is 0 Å². The van der Waals surface area contributed by atoms with Crippen LogP contribution in [0.4, 0.5) is 4.39 Å². The first-order valence-corrected chi connectivity index (χ1v) is 5.40. The second-order valence-corrected chi connectivity index (χ2v) is 4.91. The summed E-state index contributed by atoms with van der Waals surface area (Å²) in [6.07, 6.45) is 2.21. The summed E-state index contributed by atoms with van der Waals surface area (Å²) in [4.78, 5) is 0. The molecule has 0 aromatic heterocycles. The molecule has 1 saturated carbocycles. The van der Waals surface area contributed by atoms with E-state index < -0.39 is 17.3 Å². The zero-order chi connectivity index (χ0) is 11.2. The molecular formula is C10H11BrFNO2. The fourth-order valence-electron chi connectivity index (χ4n) is 1.49. The predicted molar refractivity (Wildman–Crippen MR) is 57.3 cm³/mol. The van der Waals surface area contributed by atoms with Crippen molar-refractivity contribution >= 4 is 15.9 Å². The van der Waals surface area contributed by atoms with Gasteiger partial charge in [-0.15, -0.1) is 0 Å². The molecule has 0 aliphatic heterocycles. The van der Waals surface area contributed by atoms with Gasteiger partial charge in [-0.05, 0) is 25.3 Å². The van der Waals surface area contributed by atoms with Gasteiger partial charge < -0.3 is 15.9 Å². The maximum Gasteiger partial charge on any atom is 0.194 e. The van der Waals surface area contributed by atoms with Crippen LogP contribution in [-0.2, 0) is 6.42 Å². The highest BCUT2D eigenvalue weighted by molar-refractivity contribution is 9.10. The number of rotatable bonds is 2. The third-order valence-corrected chi connectivity index (χ3v) is 3.41. The number of phenolic OH excluding ortho intramolecular Hbond substituents is 2. The van der Waals surface area contributed by atoms with E-state index in [-0.39, 0.29) is 5.54 Å². The number of benzene rings is 1. The minimum atomic E-state index is -0.843. The minimum absolute atomic E-state index is 0.301. The molecule has 0 unspecified atom stereocenters. The van der Waals surface area contributed by atoms with Crippen molar-refractivity contribution in [2.45, 2.75) is 24.8 Å². The van der Waals surface area contributed by atoms with E-state index in [2.05, 4.69) is 15.9 Å². The lowest BCUT2D eigenvalue weighted by Crippen LogP contribution is -2.24. The van der Waals surface area contributed by atoms with Gasteiger partial charge in [-0.25, -0.2) is 4.39 Å². The molecule has 1 aromatic rings. The van der Waals surface area contributed by atoms with E-state index in [4.69, 9.17) is 5.73 Å². The van der Waals surface area contributed by atoms with Gasteiger partial charge >= 0.3 is 0 Å². The van der Waals surface area contributed by atoms with Crippen molar-refractivity contribution in [3.05, 3.63) is 21.9 Å². The van der Waals surface area contributed by atoms with E-state index >= 15 is 0 Å². The molecule has 3 nitrogen and oxygen atoms in total. The highest BCUT2D eigenvalue weighted by atomic mass is 79.9. The first kappa shape index (κ1) is 10.7. The summed E-state index contributed by atoms with van der Waals surface area (Å²) >= 11 is 3.15. The third-order valence-electron chi connectivity index (χ3n) is 2.70. The average Bonchev–Trinajstić information content (AvgIpc) is 2.89. The number of nitrogens with two attached hydrogens (primary N) is 1. The number of halogens is 2. The lowest BCUT2D eigenvalue weighted by Gasteiger charge is -2.13. The molecule has 0 spiro atoms. The summed E-state index contributed by atoms with van der Waals surface area (Å²) < 4.78 is 13.4. The summed E-state index contributed by atoms with van der Waals surface area (Å²) in [6, 6.07) is 1.14. The maximum absolute atomic E-state index is 13.0. The van der Waals surface area contributed by atoms with Crippen LogP contribution in [0.3, 0.4) is 0 Å². The molecule has 2 rings (SSSR count). The van der Waals surface area contributed by atoms with Crippen LogP contribution in [0.15, 0.2) is 10.5 Å². The lowest BCUT2D eigenvalue weighted by molar-refractivity contribution is 0.373. The molecule has 1 fully saturated rings. The molecule has 0 atom stereocenters. The Morgan fingerprint density at radius 1 is 1.40 bits per heavy atom. The highest BCUT2D eigenvalue weighted by Crippen LogP contribution is 2.43. The fraction of sp³-hybridized carbons (Fsp3) is 0.400. The molecule has 1 aliphatic rings. The van der Waals surface area contributed by atoms with Crippen LogP contribution in [0.2, 0.25) is 0 Å². The Balaban J connectivity index is 2.41. The summed E-state index contributed by atoms with van der Waals surface area (Å²) in [5.74, 6) is -1.97. The minimum Gasteiger partial charge on any atom is -0.504 e. The van der Waals surface area contributed by atoms with E-state index in [1.807, 2.05) is 0 Å². The number of phenols is 2. The fourth-order valence-corrected chi connectivity index (χ4v) is 2.02. The van der Waals surface area contributed by atoms with Crippen LogP contribution in [0.1, 0.15) is 18.4 Å². The number of aromatic hydroxyl groups is 2. The first-order chi connectivity index (χ1) is 6.93. The number of hydrogen-bond acceptors (Lipinski definition) is 3. The van der Waals surface area contributed by atoms with Crippen molar-refractivity contribution in [1.29, 1.82) is 0 Å². The zero-order valence-corrected chi connectivity index (χ0v) is 9.51. The molecule has 5 heteroatoms. The van der Waals surface area contributed by atoms with Crippen molar-refractivity contribution < 1.29 is 14.6 Å². The zero-order valence-electron chi connectivity index (χ0n) is 7.93. The van der Waals surface area contributed by atoms with Crippen molar-refractivity contribution in [3.8, 4) is 11.5 Å². The molecule has 0 amide bonds. The Morgan fingerprint density at radius 2 is 2.00 bits per heavy atom. The second kappa shape index (κ2) is 3.35. The summed E-state index contributed by atoms with van der Waals surface area (Å²) in [5, 5.41) is 18.8. The van der Waals surface area contributed by atoms with Gasteiger partial charge in [0.2, 0.25) is 0 Å². The van der Waals surface area contributed by atoms with E-state index in [9.17, 15) is 14.6 Å². The van der Waals surface area contributed by atoms with Gasteiger partial charge in [0, 0.05) is 15.6 Å². The van der Waals surface area contributed by atoms with Gasteiger partial charge in [0.25, 0.3) is 0 Å². The second-order valence-electron chi connectivity index (χ2n) is 4.06. The van der Waals surface area contributed by atoms with Crippen molar-refractivity contribution in [2.75, 3.05) is 0 Å². The SMILES string of the molecule is NC1(Cc2c(Br)cc(F)c(O)c2O)CC1. The molecule has 1 aliphatic carbocycles. The standard InChI is InChI=1S/C10H11BrFNO2/c11-6-3-7(12)9(15)8(14)5(6)4-10(13)1-2-10/h3,14-15H,1-2,4,13H2. The van der Waals surface area contributed by atoms with Crippen LogP contribution in [-0.4, -0.2) is 15.8 Å². The first-order valence-electron chi connectivity index (χ1n) is 4.61. The van der Waals surface area contributed by atoms with E-state index in [1.165, 1.54) is 0 Å². The van der Waals surface area contributed by atoms with Crippen molar-refractivity contribution in [1.82, 2.24) is 0 Å². The molecule has 0 saturated heterocycles. The smallest absolute Gasteiger partial charge is 0.194 e. The summed E-state index contributed by atoms with van der Waals surface area (Å²) in [7, 11) is 0. The maximum atomic E-state index is 13.0. The summed E-state index contributed by atoms with van der Waals surface area (Å²) in [6.45, 7) is 0. The molecule has 0 heterocycles. The van der Waals surface area contributed by atoms with E-state index in [0.717, 1.165) is 18.9 Å². The van der Waals surface area contributed by atoms with Crippen LogP contribution in [0, 0.1) is 5.82 Å². The quantitative estimate of drug-likeness (QED) is 0.724. The third kappa shape index (κ3) is 1.94. The Morgan fingerprint density at radius 3 is 2.53 bits per heavy atom. The van der Waals surface area contributed by atoms with Gasteiger partial charge in [0.05, 0.1) is 0 Å². The Hall–Kier alpha value is -0.810. The average molecular weight is 276 g/mol. The van der Waals surface area contributed by atoms with E-state index in [0.29, 0.717) is 16.5 Å². The molecule has 1 aromatic carbocycles. The molecule has 15 heavy (non-hydrogen) atoms. The monoisotopic (exact) mass is 275 g/mol. The van der Waals surface area contributed by atoms with Crippen molar-refractivity contribution in [2.24, 2.45) is 5.73 Å². The largest absolute Gasteiger partial charge is 0.504 e. The normalized spacial score (nSPS) is 17.8. The topological polar surface area (TPSA) is 66.5 Å². The molecule has 82 valence electrons. The van der Waals surface area contributed by atoms with Crippen molar-refractivity contribution in [3.63, 3.8) is 0 Å². The molecule has 0 bridgehead atoms. The van der Waals surface area contributed by atoms with Gasteiger partial charge in [-0.2, -0.15) is 0 Å². The highest BCUT2D eigenvalue weighted by Gasteiger charge is 2.39. The van der Waals surface area contributed by atoms with Gasteiger partial charge in [-0.1, -0.05) is 15.9 Å². The molecule has 0 radical (unpaired) electrons. The predicted octanol–water partition coefficient (Wildman–Crippen LogP) is 2.03. The van der Waals surface area contributed by atoms with Crippen LogP contribution < -0.4 is 5.73 Å². The Kier molecular flexibility index (Phi) is 2.39. The van der Waals surface area contributed by atoms with Crippen LogP contribution in [0.5, 0.6) is 11.5 Å². The molecular weight excluding hydrogens is 265 g/mol. The Labute approximate surface area is 94.8 Å². The van der Waals surface area contributed by atoms with Crippen LogP contribution >= 0.6 is 15.9 Å². The van der Waals surface area contributed by atoms with Gasteiger partial charge in [0.15, 0.2) is 17.3 Å². The van der Waals surface area contributed by atoms with Gasteiger partial charge in [-0.3, -0.25) is 0 Å². The van der Waals surface area contributed by atoms with Gasteiger partial charge in [0.1, 0.15) is 0 Å². The molecule has 4 N–H and O–H groups in total. The van der Waals surface area contributed by atoms with Crippen LogP contribution in [0.25, 0.3) is 0 Å².